The van der Waals surface area contributed by atoms with Gasteiger partial charge in [0.2, 0.25) is 0 Å². The zero-order valence-electron chi connectivity index (χ0n) is 16.4. The van der Waals surface area contributed by atoms with Gasteiger partial charge in [-0.1, -0.05) is 24.3 Å². The Morgan fingerprint density at radius 3 is 2.33 bits per heavy atom. The fourth-order valence-electron chi connectivity index (χ4n) is 3.82. The molecule has 148 valence electrons. The highest BCUT2D eigenvalue weighted by molar-refractivity contribution is 5.85. The van der Waals surface area contributed by atoms with Gasteiger partial charge in [-0.25, -0.2) is 0 Å². The molecular weight excluding hydrogens is 362 g/mol. The maximum absolute atomic E-state index is 5.53. The number of nitrogens with one attached hydrogen (secondary N) is 1. The van der Waals surface area contributed by atoms with Gasteiger partial charge in [0.25, 0.3) is 0 Å². The summed E-state index contributed by atoms with van der Waals surface area (Å²) in [6.45, 7) is 0. The third kappa shape index (κ3) is 5.53. The largest absolute Gasteiger partial charge is 0.497 e. The number of methoxy groups -OCH3 is 3. The average molecular weight is 392 g/mol. The SMILES string of the molecule is COc1ccc(CC2CCC(CCc3ccccc3OC)N2)c(OC)c1.Cl. The van der Waals surface area contributed by atoms with Crippen molar-refractivity contribution in [2.24, 2.45) is 0 Å². The molecule has 1 N–H and O–H groups in total. The molecule has 2 aromatic rings. The van der Waals surface area contributed by atoms with E-state index < -0.39 is 0 Å². The van der Waals surface area contributed by atoms with E-state index in [4.69, 9.17) is 14.2 Å². The highest BCUT2D eigenvalue weighted by Gasteiger charge is 2.24. The minimum atomic E-state index is 0. The van der Waals surface area contributed by atoms with Gasteiger partial charge in [0.05, 0.1) is 21.3 Å². The molecule has 1 aliphatic heterocycles. The summed E-state index contributed by atoms with van der Waals surface area (Å²) in [5.41, 5.74) is 2.52. The van der Waals surface area contributed by atoms with Crippen molar-refractivity contribution in [1.29, 1.82) is 0 Å². The van der Waals surface area contributed by atoms with Gasteiger partial charge >= 0.3 is 0 Å². The number of aryl methyl sites for hydroxylation is 1. The first kappa shape index (κ1) is 21.4. The van der Waals surface area contributed by atoms with Crippen molar-refractivity contribution >= 4 is 12.4 Å². The van der Waals surface area contributed by atoms with Gasteiger partial charge in [0.15, 0.2) is 0 Å². The van der Waals surface area contributed by atoms with E-state index in [1.807, 2.05) is 24.3 Å². The lowest BCUT2D eigenvalue weighted by Crippen LogP contribution is -2.31. The third-order valence-corrected chi connectivity index (χ3v) is 5.25. The van der Waals surface area contributed by atoms with Crippen molar-refractivity contribution in [3.05, 3.63) is 53.6 Å². The molecule has 0 aliphatic carbocycles. The smallest absolute Gasteiger partial charge is 0.125 e. The van der Waals surface area contributed by atoms with Gasteiger partial charge in [-0.05, 0) is 55.4 Å². The van der Waals surface area contributed by atoms with Crippen LogP contribution in [0.4, 0.5) is 0 Å². The molecule has 0 amide bonds. The van der Waals surface area contributed by atoms with Crippen LogP contribution in [0.5, 0.6) is 17.2 Å². The van der Waals surface area contributed by atoms with Crippen molar-refractivity contribution in [1.82, 2.24) is 5.32 Å². The number of hydrogen-bond acceptors (Lipinski definition) is 4. The molecule has 2 aromatic carbocycles. The first-order valence-corrected chi connectivity index (χ1v) is 9.32. The summed E-state index contributed by atoms with van der Waals surface area (Å²) in [6.07, 6.45) is 5.58. The molecule has 2 unspecified atom stereocenters. The molecule has 0 bridgehead atoms. The van der Waals surface area contributed by atoms with Gasteiger partial charge in [0, 0.05) is 18.2 Å². The van der Waals surface area contributed by atoms with Crippen LogP contribution in [0.3, 0.4) is 0 Å². The molecule has 4 nitrogen and oxygen atoms in total. The molecule has 0 spiro atoms. The van der Waals surface area contributed by atoms with Crippen LogP contribution in [0.25, 0.3) is 0 Å². The van der Waals surface area contributed by atoms with E-state index >= 15 is 0 Å². The van der Waals surface area contributed by atoms with Crippen LogP contribution in [-0.4, -0.2) is 33.4 Å². The summed E-state index contributed by atoms with van der Waals surface area (Å²) in [5, 5.41) is 3.80. The quantitative estimate of drug-likeness (QED) is 0.722. The Morgan fingerprint density at radius 2 is 1.59 bits per heavy atom. The van der Waals surface area contributed by atoms with Crippen LogP contribution in [0.2, 0.25) is 0 Å². The molecular formula is C22H30ClNO3. The van der Waals surface area contributed by atoms with Crippen molar-refractivity contribution in [2.45, 2.75) is 44.2 Å². The molecule has 1 fully saturated rings. The zero-order valence-corrected chi connectivity index (χ0v) is 17.2. The Hall–Kier alpha value is -1.91. The Labute approximate surface area is 168 Å². The van der Waals surface area contributed by atoms with E-state index in [0.717, 1.165) is 36.5 Å². The van der Waals surface area contributed by atoms with E-state index in [9.17, 15) is 0 Å². The number of para-hydroxylation sites is 1. The van der Waals surface area contributed by atoms with Crippen LogP contribution < -0.4 is 19.5 Å². The van der Waals surface area contributed by atoms with E-state index in [2.05, 4.69) is 23.5 Å². The second-order valence-electron chi connectivity index (χ2n) is 6.87. The van der Waals surface area contributed by atoms with Crippen LogP contribution in [0, 0.1) is 0 Å². The minimum absolute atomic E-state index is 0. The Morgan fingerprint density at radius 1 is 0.852 bits per heavy atom. The molecule has 2 atom stereocenters. The topological polar surface area (TPSA) is 39.7 Å². The van der Waals surface area contributed by atoms with E-state index in [1.165, 1.54) is 24.0 Å². The van der Waals surface area contributed by atoms with E-state index in [0.29, 0.717) is 12.1 Å². The Balaban J connectivity index is 0.00000261. The summed E-state index contributed by atoms with van der Waals surface area (Å²) in [6, 6.07) is 15.4. The van der Waals surface area contributed by atoms with E-state index in [1.54, 1.807) is 21.3 Å². The fourth-order valence-corrected chi connectivity index (χ4v) is 3.82. The van der Waals surface area contributed by atoms with Crippen molar-refractivity contribution in [2.75, 3.05) is 21.3 Å². The summed E-state index contributed by atoms with van der Waals surface area (Å²) in [5.74, 6) is 2.73. The minimum Gasteiger partial charge on any atom is -0.497 e. The van der Waals surface area contributed by atoms with Crippen LogP contribution in [0.1, 0.15) is 30.4 Å². The van der Waals surface area contributed by atoms with E-state index in [-0.39, 0.29) is 12.4 Å². The van der Waals surface area contributed by atoms with Gasteiger partial charge in [0.1, 0.15) is 17.2 Å². The monoisotopic (exact) mass is 391 g/mol. The van der Waals surface area contributed by atoms with Crippen LogP contribution in [0.15, 0.2) is 42.5 Å². The summed E-state index contributed by atoms with van der Waals surface area (Å²) >= 11 is 0. The fraction of sp³-hybridized carbons (Fsp3) is 0.455. The first-order chi connectivity index (χ1) is 12.7. The second-order valence-corrected chi connectivity index (χ2v) is 6.87. The molecule has 1 aliphatic rings. The first-order valence-electron chi connectivity index (χ1n) is 9.32. The highest BCUT2D eigenvalue weighted by atomic mass is 35.5. The number of ether oxygens (including phenoxy) is 3. The number of rotatable bonds is 8. The van der Waals surface area contributed by atoms with Crippen molar-refractivity contribution < 1.29 is 14.2 Å². The predicted molar refractivity (Wildman–Crippen MR) is 112 cm³/mol. The van der Waals surface area contributed by atoms with Crippen molar-refractivity contribution in [3.63, 3.8) is 0 Å². The molecule has 1 saturated heterocycles. The Kier molecular flexibility index (Phi) is 8.26. The predicted octanol–water partition coefficient (Wildman–Crippen LogP) is 4.43. The van der Waals surface area contributed by atoms with Gasteiger partial charge in [-0.2, -0.15) is 0 Å². The molecule has 0 saturated carbocycles. The van der Waals surface area contributed by atoms with Gasteiger partial charge in [-0.15, -0.1) is 12.4 Å². The van der Waals surface area contributed by atoms with Gasteiger partial charge in [-0.3, -0.25) is 0 Å². The summed E-state index contributed by atoms with van der Waals surface area (Å²) in [4.78, 5) is 0. The Bertz CT molecular complexity index is 722. The lowest BCUT2D eigenvalue weighted by Gasteiger charge is -2.17. The molecule has 0 aromatic heterocycles. The molecule has 1 heterocycles. The zero-order chi connectivity index (χ0) is 18.4. The summed E-state index contributed by atoms with van der Waals surface area (Å²) in [7, 11) is 5.14. The maximum atomic E-state index is 5.53. The standard InChI is InChI=1S/C22H29NO3.ClH/c1-24-20-13-9-17(22(15-20)26-3)14-19-12-11-18(23-19)10-8-16-6-4-5-7-21(16)25-2;/h4-7,9,13,15,18-19,23H,8,10-12,14H2,1-3H3;1H. The lowest BCUT2D eigenvalue weighted by atomic mass is 10.0. The molecule has 0 radical (unpaired) electrons. The average Bonchev–Trinajstić information content (AvgIpc) is 3.14. The third-order valence-electron chi connectivity index (χ3n) is 5.25. The lowest BCUT2D eigenvalue weighted by molar-refractivity contribution is 0.388. The normalized spacial score (nSPS) is 18.6. The second kappa shape index (κ2) is 10.4. The van der Waals surface area contributed by atoms with Crippen LogP contribution in [-0.2, 0) is 12.8 Å². The number of benzene rings is 2. The summed E-state index contributed by atoms with van der Waals surface area (Å²) < 4.78 is 16.3. The van der Waals surface area contributed by atoms with Crippen LogP contribution >= 0.6 is 12.4 Å². The molecule has 3 rings (SSSR count). The highest BCUT2D eigenvalue weighted by Crippen LogP contribution is 2.28. The molecule has 27 heavy (non-hydrogen) atoms. The number of hydrogen-bond donors (Lipinski definition) is 1. The number of halogens is 1. The maximum Gasteiger partial charge on any atom is 0.125 e. The molecule has 5 heteroatoms. The van der Waals surface area contributed by atoms with Crippen molar-refractivity contribution in [3.8, 4) is 17.2 Å². The van der Waals surface area contributed by atoms with Gasteiger partial charge < -0.3 is 19.5 Å².